The quantitative estimate of drug-likeness (QED) is 0.267. The molecule has 3 heterocycles. The van der Waals surface area contributed by atoms with E-state index in [-0.39, 0.29) is 0 Å². The van der Waals surface area contributed by atoms with E-state index < -0.39 is 0 Å². The Bertz CT molecular complexity index is 1940. The summed E-state index contributed by atoms with van der Waals surface area (Å²) in [7, 11) is 0. The van der Waals surface area contributed by atoms with Gasteiger partial charge in [-0.2, -0.15) is 10.2 Å². The molecule has 36 heavy (non-hydrogen) atoms. The van der Waals surface area contributed by atoms with Crippen LogP contribution in [0.5, 0.6) is 0 Å². The fourth-order valence-corrected chi connectivity index (χ4v) is 5.14. The van der Waals surface area contributed by atoms with Crippen LogP contribution >= 0.6 is 0 Å². The maximum atomic E-state index is 4.72. The molecule has 0 atom stereocenters. The lowest BCUT2D eigenvalue weighted by molar-refractivity contribution is 0.795. The van der Waals surface area contributed by atoms with Gasteiger partial charge in [0, 0.05) is 27.6 Å². The number of imidazole rings is 2. The molecule has 4 aromatic carbocycles. The number of nitrogens with one attached hydrogen (secondary N) is 2. The van der Waals surface area contributed by atoms with E-state index in [1.807, 2.05) is 25.5 Å². The van der Waals surface area contributed by atoms with Crippen molar-refractivity contribution >= 4 is 43.4 Å². The molecule has 6 nitrogen and oxygen atoms in total. The molecule has 0 fully saturated rings. The maximum Gasteiger partial charge on any atom is 0.109 e. The average molecular weight is 469 g/mol. The van der Waals surface area contributed by atoms with E-state index in [1.165, 1.54) is 16.3 Å². The molecule has 0 saturated heterocycles. The topological polar surface area (TPSA) is 83.1 Å². The van der Waals surface area contributed by atoms with Crippen molar-refractivity contribution in [1.29, 1.82) is 0 Å². The first kappa shape index (κ1) is 20.8. The zero-order valence-corrected chi connectivity index (χ0v) is 20.3. The molecule has 3 aromatic heterocycles. The molecule has 6 heteroatoms. The van der Waals surface area contributed by atoms with Crippen LogP contribution in [0, 0.1) is 6.92 Å². The Labute approximate surface area is 207 Å². The third-order valence-corrected chi connectivity index (χ3v) is 7.01. The van der Waals surface area contributed by atoms with Gasteiger partial charge in [0.2, 0.25) is 0 Å². The predicted octanol–water partition coefficient (Wildman–Crippen LogP) is 7.30. The van der Waals surface area contributed by atoms with Crippen LogP contribution in [0.25, 0.3) is 65.7 Å². The number of benzene rings is 4. The lowest BCUT2D eigenvalue weighted by Gasteiger charge is -2.10. The van der Waals surface area contributed by atoms with Gasteiger partial charge in [0.1, 0.15) is 11.6 Å². The van der Waals surface area contributed by atoms with Crippen molar-refractivity contribution < 1.29 is 0 Å². The minimum absolute atomic E-state index is 0.376. The molecule has 7 aromatic rings. The van der Waals surface area contributed by atoms with Crippen LogP contribution in [0.3, 0.4) is 0 Å². The minimum Gasteiger partial charge on any atom is -0.342 e. The third-order valence-electron chi connectivity index (χ3n) is 7.01. The Balaban J connectivity index is 1.35. The summed E-state index contributed by atoms with van der Waals surface area (Å²) >= 11 is 0. The van der Waals surface area contributed by atoms with Crippen molar-refractivity contribution in [3.05, 3.63) is 84.8 Å². The fourth-order valence-electron chi connectivity index (χ4n) is 5.14. The number of aromatic nitrogens is 6. The second kappa shape index (κ2) is 7.71. The maximum absolute atomic E-state index is 4.72. The number of nitrogens with zero attached hydrogens (tertiary/aromatic N) is 4. The van der Waals surface area contributed by atoms with Gasteiger partial charge >= 0.3 is 0 Å². The summed E-state index contributed by atoms with van der Waals surface area (Å²) in [4.78, 5) is 16.1. The molecule has 0 aliphatic carbocycles. The van der Waals surface area contributed by atoms with E-state index in [0.29, 0.717) is 5.92 Å². The van der Waals surface area contributed by atoms with E-state index in [4.69, 9.17) is 4.98 Å². The second-order valence-electron chi connectivity index (χ2n) is 9.74. The molecule has 0 bridgehead atoms. The van der Waals surface area contributed by atoms with Crippen LogP contribution in [0.1, 0.15) is 31.4 Å². The molecule has 0 amide bonds. The number of hydrogen-bond donors (Lipinski definition) is 2. The molecular formula is C30H24N6. The van der Waals surface area contributed by atoms with Crippen LogP contribution in [0.2, 0.25) is 0 Å². The number of H-pyrrole nitrogens is 2. The van der Waals surface area contributed by atoms with Crippen molar-refractivity contribution in [1.82, 2.24) is 30.1 Å². The first-order valence-electron chi connectivity index (χ1n) is 12.2. The van der Waals surface area contributed by atoms with Gasteiger partial charge in [0.25, 0.3) is 0 Å². The Morgan fingerprint density at radius 2 is 1.36 bits per heavy atom. The van der Waals surface area contributed by atoms with Gasteiger partial charge in [-0.25, -0.2) is 9.97 Å². The number of aryl methyl sites for hydroxylation is 1. The van der Waals surface area contributed by atoms with E-state index in [0.717, 1.165) is 61.0 Å². The Hall–Kier alpha value is -4.58. The van der Waals surface area contributed by atoms with Crippen LogP contribution in [-0.2, 0) is 0 Å². The van der Waals surface area contributed by atoms with Gasteiger partial charge in [0.15, 0.2) is 0 Å². The van der Waals surface area contributed by atoms with E-state index in [2.05, 4.69) is 93.6 Å². The molecular weight excluding hydrogens is 444 g/mol. The van der Waals surface area contributed by atoms with Crippen LogP contribution in [0.4, 0.5) is 0 Å². The Morgan fingerprint density at radius 3 is 2.14 bits per heavy atom. The standard InChI is InChI=1S/C30H24N6/c1-16(2)30-31-15-27(36-30)22-7-6-18-10-19(4-5-20(18)11-22)21-8-9-23-24(12-21)25-13-32-33-14-26(25)29-28(23)34-17(3)35-29/h4-16H,1-3H3,(H,31,36)(H,34,35). The molecule has 0 spiro atoms. The summed E-state index contributed by atoms with van der Waals surface area (Å²) in [6.45, 7) is 6.27. The first-order valence-corrected chi connectivity index (χ1v) is 12.2. The molecule has 0 radical (unpaired) electrons. The second-order valence-corrected chi connectivity index (χ2v) is 9.74. The van der Waals surface area contributed by atoms with Crippen molar-refractivity contribution in [2.75, 3.05) is 0 Å². The average Bonchev–Trinajstić information content (AvgIpc) is 3.55. The summed E-state index contributed by atoms with van der Waals surface area (Å²) in [5, 5.41) is 15.1. The Morgan fingerprint density at radius 1 is 0.667 bits per heavy atom. The van der Waals surface area contributed by atoms with Gasteiger partial charge in [-0.05, 0) is 52.4 Å². The largest absolute Gasteiger partial charge is 0.342 e. The number of hydrogen-bond acceptors (Lipinski definition) is 4. The molecule has 7 rings (SSSR count). The summed E-state index contributed by atoms with van der Waals surface area (Å²) in [5.74, 6) is 2.28. The monoisotopic (exact) mass is 468 g/mol. The van der Waals surface area contributed by atoms with Crippen LogP contribution < -0.4 is 0 Å². The van der Waals surface area contributed by atoms with Gasteiger partial charge < -0.3 is 9.97 Å². The number of fused-ring (bicyclic) bond motifs is 7. The highest BCUT2D eigenvalue weighted by atomic mass is 15.1. The lowest BCUT2D eigenvalue weighted by Crippen LogP contribution is -1.89. The minimum atomic E-state index is 0.376. The highest BCUT2D eigenvalue weighted by Gasteiger charge is 2.14. The van der Waals surface area contributed by atoms with E-state index in [9.17, 15) is 0 Å². The molecule has 0 aliphatic rings. The van der Waals surface area contributed by atoms with Gasteiger partial charge in [0.05, 0.1) is 35.3 Å². The summed E-state index contributed by atoms with van der Waals surface area (Å²) < 4.78 is 0. The van der Waals surface area contributed by atoms with Crippen molar-refractivity contribution in [2.24, 2.45) is 0 Å². The fraction of sp³-hybridized carbons (Fsp3) is 0.133. The van der Waals surface area contributed by atoms with Gasteiger partial charge in [-0.1, -0.05) is 50.2 Å². The molecule has 0 unspecified atom stereocenters. The van der Waals surface area contributed by atoms with Crippen LogP contribution in [0.15, 0.2) is 73.2 Å². The predicted molar refractivity (Wildman–Crippen MR) is 146 cm³/mol. The number of aromatic amines is 2. The van der Waals surface area contributed by atoms with E-state index in [1.54, 1.807) is 0 Å². The smallest absolute Gasteiger partial charge is 0.109 e. The van der Waals surface area contributed by atoms with Crippen molar-refractivity contribution in [2.45, 2.75) is 26.7 Å². The lowest BCUT2D eigenvalue weighted by atomic mass is 9.95. The SMILES string of the molecule is Cc1nc2c3cnncc3c3cc(-c4ccc5cc(-c6cnc(C(C)C)[nH]6)ccc5c4)ccc3c2[nH]1. The highest BCUT2D eigenvalue weighted by Crippen LogP contribution is 2.36. The van der Waals surface area contributed by atoms with Crippen molar-refractivity contribution in [3.8, 4) is 22.4 Å². The molecule has 0 saturated carbocycles. The third kappa shape index (κ3) is 3.18. The Kier molecular flexibility index (Phi) is 4.45. The molecule has 174 valence electrons. The van der Waals surface area contributed by atoms with Crippen molar-refractivity contribution in [3.63, 3.8) is 0 Å². The summed E-state index contributed by atoms with van der Waals surface area (Å²) in [6, 6.07) is 19.8. The summed E-state index contributed by atoms with van der Waals surface area (Å²) in [5.41, 5.74) is 6.52. The summed E-state index contributed by atoms with van der Waals surface area (Å²) in [6.07, 6.45) is 5.57. The van der Waals surface area contributed by atoms with Gasteiger partial charge in [-0.15, -0.1) is 0 Å². The van der Waals surface area contributed by atoms with Crippen LogP contribution in [-0.4, -0.2) is 30.1 Å². The zero-order chi connectivity index (χ0) is 24.4. The van der Waals surface area contributed by atoms with E-state index >= 15 is 0 Å². The molecule has 2 N–H and O–H groups in total. The zero-order valence-electron chi connectivity index (χ0n) is 20.3. The van der Waals surface area contributed by atoms with Gasteiger partial charge in [-0.3, -0.25) is 0 Å². The number of rotatable bonds is 3. The highest BCUT2D eigenvalue weighted by molar-refractivity contribution is 6.23. The molecule has 0 aliphatic heterocycles. The normalized spacial score (nSPS) is 12.0. The first-order chi connectivity index (χ1) is 17.5.